The SMILES string of the molecule is CC1CCN(C(=O)N2CCOCC2CC(=O)O)CC1C. The Morgan fingerprint density at radius 2 is 2.00 bits per heavy atom. The Labute approximate surface area is 119 Å². The van der Waals surface area contributed by atoms with E-state index < -0.39 is 5.97 Å². The summed E-state index contributed by atoms with van der Waals surface area (Å²) in [6.07, 6.45) is 0.965. The molecule has 3 unspecified atom stereocenters. The van der Waals surface area contributed by atoms with Gasteiger partial charge in [0.15, 0.2) is 0 Å². The maximum Gasteiger partial charge on any atom is 0.320 e. The van der Waals surface area contributed by atoms with Crippen LogP contribution in [0.1, 0.15) is 26.7 Å². The van der Waals surface area contributed by atoms with Crippen LogP contribution in [-0.2, 0) is 9.53 Å². The Morgan fingerprint density at radius 3 is 2.65 bits per heavy atom. The summed E-state index contributed by atoms with van der Waals surface area (Å²) in [5.74, 6) is 0.240. The summed E-state index contributed by atoms with van der Waals surface area (Å²) in [7, 11) is 0. The van der Waals surface area contributed by atoms with Gasteiger partial charge < -0.3 is 19.6 Å². The molecule has 2 heterocycles. The number of likely N-dealkylation sites (tertiary alicyclic amines) is 1. The lowest BCUT2D eigenvalue weighted by Gasteiger charge is -2.42. The lowest BCUT2D eigenvalue weighted by atomic mass is 9.89. The van der Waals surface area contributed by atoms with Gasteiger partial charge in [-0.05, 0) is 18.3 Å². The fraction of sp³-hybridized carbons (Fsp3) is 0.857. The molecule has 114 valence electrons. The molecule has 0 radical (unpaired) electrons. The highest BCUT2D eigenvalue weighted by Gasteiger charge is 2.34. The van der Waals surface area contributed by atoms with Crippen molar-refractivity contribution in [1.29, 1.82) is 0 Å². The molecular formula is C14H24N2O4. The number of urea groups is 1. The van der Waals surface area contributed by atoms with E-state index in [1.165, 1.54) is 0 Å². The molecule has 2 aliphatic rings. The zero-order valence-corrected chi connectivity index (χ0v) is 12.2. The highest BCUT2D eigenvalue weighted by molar-refractivity contribution is 5.76. The number of morpholine rings is 1. The van der Waals surface area contributed by atoms with E-state index >= 15 is 0 Å². The number of carbonyl (C=O) groups excluding carboxylic acids is 1. The van der Waals surface area contributed by atoms with Crippen LogP contribution in [0, 0.1) is 11.8 Å². The minimum absolute atomic E-state index is 0.0294. The van der Waals surface area contributed by atoms with Crippen LogP contribution in [0.5, 0.6) is 0 Å². The largest absolute Gasteiger partial charge is 0.481 e. The summed E-state index contributed by atoms with van der Waals surface area (Å²) in [5.41, 5.74) is 0. The standard InChI is InChI=1S/C14H24N2O4/c1-10-3-4-15(8-11(10)2)14(19)16-5-6-20-9-12(16)7-13(17)18/h10-12H,3-9H2,1-2H3,(H,17,18). The van der Waals surface area contributed by atoms with Gasteiger partial charge in [-0.2, -0.15) is 0 Å². The molecule has 0 saturated carbocycles. The summed E-state index contributed by atoms with van der Waals surface area (Å²) in [6, 6.07) is -0.373. The summed E-state index contributed by atoms with van der Waals surface area (Å²) >= 11 is 0. The zero-order valence-electron chi connectivity index (χ0n) is 12.2. The van der Waals surface area contributed by atoms with E-state index in [0.717, 1.165) is 19.5 Å². The number of carbonyl (C=O) groups is 2. The molecule has 0 spiro atoms. The molecule has 0 aromatic heterocycles. The van der Waals surface area contributed by atoms with Crippen molar-refractivity contribution >= 4 is 12.0 Å². The Kier molecular flexibility index (Phi) is 4.86. The van der Waals surface area contributed by atoms with Crippen molar-refractivity contribution in [3.63, 3.8) is 0 Å². The molecule has 2 aliphatic heterocycles. The van der Waals surface area contributed by atoms with Crippen LogP contribution in [0.15, 0.2) is 0 Å². The Morgan fingerprint density at radius 1 is 1.25 bits per heavy atom. The molecule has 0 aliphatic carbocycles. The van der Waals surface area contributed by atoms with Crippen molar-refractivity contribution in [2.75, 3.05) is 32.8 Å². The maximum atomic E-state index is 12.6. The van der Waals surface area contributed by atoms with Crippen LogP contribution in [-0.4, -0.2) is 65.8 Å². The molecule has 3 atom stereocenters. The average molecular weight is 284 g/mol. The number of piperidine rings is 1. The molecule has 0 aromatic carbocycles. The molecule has 0 bridgehead atoms. The average Bonchev–Trinajstić information content (AvgIpc) is 2.41. The van der Waals surface area contributed by atoms with E-state index in [-0.39, 0.29) is 18.5 Å². The second-order valence-electron chi connectivity index (χ2n) is 5.99. The maximum absolute atomic E-state index is 12.6. The van der Waals surface area contributed by atoms with Gasteiger partial charge in [-0.1, -0.05) is 13.8 Å². The quantitative estimate of drug-likeness (QED) is 0.828. The van der Waals surface area contributed by atoms with Crippen LogP contribution in [0.3, 0.4) is 0 Å². The number of nitrogens with zero attached hydrogens (tertiary/aromatic N) is 2. The van der Waals surface area contributed by atoms with Crippen molar-refractivity contribution in [2.24, 2.45) is 11.8 Å². The highest BCUT2D eigenvalue weighted by atomic mass is 16.5. The van der Waals surface area contributed by atoms with E-state index in [1.807, 2.05) is 4.90 Å². The van der Waals surface area contributed by atoms with Crippen LogP contribution in [0.4, 0.5) is 4.79 Å². The highest BCUT2D eigenvalue weighted by Crippen LogP contribution is 2.24. The first-order valence-electron chi connectivity index (χ1n) is 7.34. The summed E-state index contributed by atoms with van der Waals surface area (Å²) < 4.78 is 5.31. The molecule has 2 rings (SSSR count). The predicted molar refractivity (Wildman–Crippen MR) is 73.5 cm³/mol. The first-order valence-corrected chi connectivity index (χ1v) is 7.34. The minimum atomic E-state index is -0.890. The number of carboxylic acids is 1. The summed E-state index contributed by atoms with van der Waals surface area (Å²) in [6.45, 7) is 7.20. The molecule has 20 heavy (non-hydrogen) atoms. The molecule has 6 heteroatoms. The zero-order chi connectivity index (χ0) is 14.7. The van der Waals surface area contributed by atoms with Gasteiger partial charge in [-0.25, -0.2) is 4.79 Å². The van der Waals surface area contributed by atoms with Crippen LogP contribution < -0.4 is 0 Å². The number of ether oxygens (including phenoxy) is 1. The van der Waals surface area contributed by atoms with Crippen molar-refractivity contribution < 1.29 is 19.4 Å². The normalized spacial score (nSPS) is 31.2. The van der Waals surface area contributed by atoms with Gasteiger partial charge in [0.1, 0.15) is 0 Å². The second kappa shape index (κ2) is 6.43. The van der Waals surface area contributed by atoms with E-state index in [0.29, 0.717) is 31.6 Å². The Hall–Kier alpha value is -1.30. The molecule has 6 nitrogen and oxygen atoms in total. The summed E-state index contributed by atoms with van der Waals surface area (Å²) in [5, 5.41) is 8.95. The topological polar surface area (TPSA) is 70.1 Å². The molecule has 0 aromatic rings. The minimum Gasteiger partial charge on any atom is -0.481 e. The molecule has 2 amide bonds. The van der Waals surface area contributed by atoms with Gasteiger partial charge in [0.05, 0.1) is 25.7 Å². The number of hydrogen-bond donors (Lipinski definition) is 1. The Balaban J connectivity index is 2.00. The first kappa shape index (κ1) is 15.1. The van der Waals surface area contributed by atoms with Gasteiger partial charge in [0.2, 0.25) is 0 Å². The van der Waals surface area contributed by atoms with Crippen LogP contribution in [0.25, 0.3) is 0 Å². The third kappa shape index (κ3) is 3.42. The van der Waals surface area contributed by atoms with E-state index in [4.69, 9.17) is 9.84 Å². The molecule has 2 saturated heterocycles. The van der Waals surface area contributed by atoms with Crippen molar-refractivity contribution in [2.45, 2.75) is 32.7 Å². The predicted octanol–water partition coefficient (Wildman–Crippen LogP) is 1.26. The third-order valence-electron chi connectivity index (χ3n) is 4.49. The fourth-order valence-electron chi connectivity index (χ4n) is 2.90. The van der Waals surface area contributed by atoms with Gasteiger partial charge in [0.25, 0.3) is 0 Å². The molecule has 1 N–H and O–H groups in total. The van der Waals surface area contributed by atoms with Crippen LogP contribution in [0.2, 0.25) is 0 Å². The number of rotatable bonds is 2. The number of aliphatic carboxylic acids is 1. The van der Waals surface area contributed by atoms with Gasteiger partial charge in [0, 0.05) is 19.6 Å². The third-order valence-corrected chi connectivity index (χ3v) is 4.49. The van der Waals surface area contributed by atoms with Gasteiger partial charge >= 0.3 is 12.0 Å². The molecular weight excluding hydrogens is 260 g/mol. The lowest BCUT2D eigenvalue weighted by Crippen LogP contribution is -2.56. The lowest BCUT2D eigenvalue weighted by molar-refractivity contribution is -0.139. The van der Waals surface area contributed by atoms with Gasteiger partial charge in [-0.15, -0.1) is 0 Å². The van der Waals surface area contributed by atoms with Crippen molar-refractivity contribution in [1.82, 2.24) is 9.80 Å². The number of amides is 2. The van der Waals surface area contributed by atoms with Crippen molar-refractivity contribution in [3.8, 4) is 0 Å². The number of hydrogen-bond acceptors (Lipinski definition) is 3. The smallest absolute Gasteiger partial charge is 0.320 e. The van der Waals surface area contributed by atoms with Crippen molar-refractivity contribution in [3.05, 3.63) is 0 Å². The summed E-state index contributed by atoms with van der Waals surface area (Å²) in [4.78, 5) is 27.0. The van der Waals surface area contributed by atoms with E-state index in [2.05, 4.69) is 13.8 Å². The molecule has 2 fully saturated rings. The first-order chi connectivity index (χ1) is 9.49. The fourth-order valence-corrected chi connectivity index (χ4v) is 2.90. The number of carboxylic acid groups (broad SMARTS) is 1. The van der Waals surface area contributed by atoms with E-state index in [9.17, 15) is 9.59 Å². The van der Waals surface area contributed by atoms with E-state index in [1.54, 1.807) is 4.90 Å². The van der Waals surface area contributed by atoms with Gasteiger partial charge in [-0.3, -0.25) is 4.79 Å². The second-order valence-corrected chi connectivity index (χ2v) is 5.99. The van der Waals surface area contributed by atoms with Crippen LogP contribution >= 0.6 is 0 Å². The monoisotopic (exact) mass is 284 g/mol. The Bertz CT molecular complexity index is 374.